The molecule has 17 heavy (non-hydrogen) atoms. The Balaban J connectivity index is 2.28. The quantitative estimate of drug-likeness (QED) is 0.841. The largest absolute Gasteiger partial charge is 0.345 e. The van der Waals surface area contributed by atoms with Crippen molar-refractivity contribution < 1.29 is 13.6 Å². The van der Waals surface area contributed by atoms with E-state index in [-0.39, 0.29) is 12.1 Å². The van der Waals surface area contributed by atoms with Crippen molar-refractivity contribution in [2.24, 2.45) is 5.73 Å². The number of hydrogen-bond acceptors (Lipinski definition) is 2. The van der Waals surface area contributed by atoms with Gasteiger partial charge in [-0.25, -0.2) is 8.78 Å². The van der Waals surface area contributed by atoms with Crippen LogP contribution in [0, 0.1) is 18.6 Å². The Morgan fingerprint density at radius 3 is 2.65 bits per heavy atom. The summed E-state index contributed by atoms with van der Waals surface area (Å²) < 4.78 is 27.1. The van der Waals surface area contributed by atoms with E-state index in [4.69, 9.17) is 5.73 Å². The van der Waals surface area contributed by atoms with Crippen molar-refractivity contribution in [3.05, 3.63) is 34.9 Å². The molecule has 0 aliphatic heterocycles. The summed E-state index contributed by atoms with van der Waals surface area (Å²) in [5.74, 6) is -2.39. The molecule has 0 spiro atoms. The third-order valence-electron chi connectivity index (χ3n) is 3.13. The van der Waals surface area contributed by atoms with Gasteiger partial charge in [-0.05, 0) is 31.4 Å². The number of nitrogens with one attached hydrogen (secondary N) is 1. The summed E-state index contributed by atoms with van der Waals surface area (Å²) in [6.45, 7) is 1.77. The van der Waals surface area contributed by atoms with Gasteiger partial charge in [-0.1, -0.05) is 6.07 Å². The van der Waals surface area contributed by atoms with E-state index in [0.29, 0.717) is 0 Å². The number of aryl methyl sites for hydroxylation is 1. The van der Waals surface area contributed by atoms with Crippen LogP contribution in [-0.4, -0.2) is 18.0 Å². The lowest BCUT2D eigenvalue weighted by Gasteiger charge is -2.15. The molecule has 92 valence electrons. The first-order chi connectivity index (χ1) is 7.99. The first kappa shape index (κ1) is 12.0. The zero-order valence-corrected chi connectivity index (χ0v) is 9.52. The summed E-state index contributed by atoms with van der Waals surface area (Å²) in [6, 6.07) is 2.40. The molecule has 1 aromatic rings. The average molecular weight is 240 g/mol. The molecule has 3 nitrogen and oxygen atoms in total. The van der Waals surface area contributed by atoms with Gasteiger partial charge in [-0.2, -0.15) is 0 Å². The third-order valence-corrected chi connectivity index (χ3v) is 3.13. The van der Waals surface area contributed by atoms with Gasteiger partial charge in [0.05, 0.1) is 5.54 Å². The van der Waals surface area contributed by atoms with Crippen molar-refractivity contribution in [1.82, 2.24) is 5.32 Å². The van der Waals surface area contributed by atoms with Crippen molar-refractivity contribution in [2.75, 3.05) is 6.54 Å². The fourth-order valence-electron chi connectivity index (χ4n) is 1.70. The maximum Gasteiger partial charge on any atom is 0.257 e. The monoisotopic (exact) mass is 240 g/mol. The highest BCUT2D eigenvalue weighted by atomic mass is 19.1. The van der Waals surface area contributed by atoms with Crippen LogP contribution in [0.2, 0.25) is 0 Å². The number of benzene rings is 1. The average Bonchev–Trinajstić information content (AvgIpc) is 3.05. The molecular weight excluding hydrogens is 226 g/mol. The third kappa shape index (κ3) is 2.15. The molecule has 1 aliphatic carbocycles. The van der Waals surface area contributed by atoms with Gasteiger partial charge in [0.1, 0.15) is 17.2 Å². The number of amides is 1. The van der Waals surface area contributed by atoms with E-state index in [2.05, 4.69) is 5.32 Å². The Morgan fingerprint density at radius 1 is 1.47 bits per heavy atom. The SMILES string of the molecule is Cc1ccc(F)c(C(=O)NC2(CN)CC2)c1F. The van der Waals surface area contributed by atoms with Gasteiger partial charge in [-0.15, -0.1) is 0 Å². The predicted molar refractivity (Wildman–Crippen MR) is 59.6 cm³/mol. The second-order valence-corrected chi connectivity index (χ2v) is 4.49. The molecule has 1 fully saturated rings. The molecule has 0 aromatic heterocycles. The van der Waals surface area contributed by atoms with E-state index < -0.39 is 28.6 Å². The molecule has 3 N–H and O–H groups in total. The van der Waals surface area contributed by atoms with Crippen LogP contribution in [0.3, 0.4) is 0 Å². The topological polar surface area (TPSA) is 55.1 Å². The maximum atomic E-state index is 13.7. The van der Waals surface area contributed by atoms with Crippen molar-refractivity contribution >= 4 is 5.91 Å². The second kappa shape index (κ2) is 4.07. The highest BCUT2D eigenvalue weighted by molar-refractivity contribution is 5.95. The molecule has 0 atom stereocenters. The minimum atomic E-state index is -0.849. The van der Waals surface area contributed by atoms with Crippen LogP contribution in [-0.2, 0) is 0 Å². The lowest BCUT2D eigenvalue weighted by Crippen LogP contribution is -2.43. The van der Waals surface area contributed by atoms with Gasteiger partial charge in [0.2, 0.25) is 0 Å². The molecular formula is C12H14F2N2O. The lowest BCUT2D eigenvalue weighted by atomic mass is 10.1. The molecule has 2 rings (SSSR count). The number of nitrogens with two attached hydrogens (primary N) is 1. The van der Waals surface area contributed by atoms with Crippen LogP contribution in [0.25, 0.3) is 0 Å². The highest BCUT2D eigenvalue weighted by Crippen LogP contribution is 2.34. The summed E-state index contributed by atoms with van der Waals surface area (Å²) >= 11 is 0. The molecule has 0 bridgehead atoms. The smallest absolute Gasteiger partial charge is 0.257 e. The van der Waals surface area contributed by atoms with E-state index in [0.717, 1.165) is 18.9 Å². The van der Waals surface area contributed by atoms with Crippen LogP contribution in [0.5, 0.6) is 0 Å². The molecule has 1 amide bonds. The molecule has 0 heterocycles. The van der Waals surface area contributed by atoms with Gasteiger partial charge in [-0.3, -0.25) is 4.79 Å². The van der Waals surface area contributed by atoms with Crippen LogP contribution >= 0.6 is 0 Å². The molecule has 5 heteroatoms. The normalized spacial score (nSPS) is 16.7. The Morgan fingerprint density at radius 2 is 2.12 bits per heavy atom. The molecule has 0 radical (unpaired) electrons. The van der Waals surface area contributed by atoms with Gasteiger partial charge in [0.25, 0.3) is 5.91 Å². The molecule has 1 aliphatic rings. The summed E-state index contributed by atoms with van der Waals surface area (Å²) in [4.78, 5) is 11.8. The minimum Gasteiger partial charge on any atom is -0.345 e. The first-order valence-corrected chi connectivity index (χ1v) is 5.46. The predicted octanol–water partition coefficient (Wildman–Crippen LogP) is 1.49. The number of rotatable bonds is 3. The zero-order valence-electron chi connectivity index (χ0n) is 9.52. The fourth-order valence-corrected chi connectivity index (χ4v) is 1.70. The zero-order chi connectivity index (χ0) is 12.6. The summed E-state index contributed by atoms with van der Waals surface area (Å²) in [7, 11) is 0. The van der Waals surface area contributed by atoms with Gasteiger partial charge in [0, 0.05) is 6.54 Å². The Bertz CT molecular complexity index is 470. The van der Waals surface area contributed by atoms with E-state index in [1.165, 1.54) is 13.0 Å². The van der Waals surface area contributed by atoms with Gasteiger partial charge < -0.3 is 11.1 Å². The molecule has 1 aromatic carbocycles. The number of carbonyl (C=O) groups is 1. The molecule has 0 unspecified atom stereocenters. The fraction of sp³-hybridized carbons (Fsp3) is 0.417. The van der Waals surface area contributed by atoms with Crippen LogP contribution < -0.4 is 11.1 Å². The van der Waals surface area contributed by atoms with Crippen LogP contribution in [0.4, 0.5) is 8.78 Å². The molecule has 0 saturated heterocycles. The van der Waals surface area contributed by atoms with E-state index >= 15 is 0 Å². The minimum absolute atomic E-state index is 0.245. The van der Waals surface area contributed by atoms with Crippen molar-refractivity contribution in [3.8, 4) is 0 Å². The van der Waals surface area contributed by atoms with Crippen molar-refractivity contribution in [1.29, 1.82) is 0 Å². The summed E-state index contributed by atoms with van der Waals surface area (Å²) in [5.41, 5.74) is 4.76. The highest BCUT2D eigenvalue weighted by Gasteiger charge is 2.43. The number of halogens is 2. The Labute approximate surface area is 98.0 Å². The molecule has 1 saturated carbocycles. The summed E-state index contributed by atoms with van der Waals surface area (Å²) in [6.07, 6.45) is 1.51. The number of hydrogen-bond donors (Lipinski definition) is 2. The van der Waals surface area contributed by atoms with E-state index in [1.807, 2.05) is 0 Å². The van der Waals surface area contributed by atoms with Crippen molar-refractivity contribution in [2.45, 2.75) is 25.3 Å². The summed E-state index contributed by atoms with van der Waals surface area (Å²) in [5, 5.41) is 2.60. The van der Waals surface area contributed by atoms with Crippen LogP contribution in [0.15, 0.2) is 12.1 Å². The van der Waals surface area contributed by atoms with Gasteiger partial charge >= 0.3 is 0 Å². The Hall–Kier alpha value is -1.49. The Kier molecular flexibility index (Phi) is 2.87. The van der Waals surface area contributed by atoms with Gasteiger partial charge in [0.15, 0.2) is 0 Å². The number of carbonyl (C=O) groups excluding carboxylic acids is 1. The standard InChI is InChI=1S/C12H14F2N2O/c1-7-2-3-8(13)9(10(7)14)11(17)16-12(6-15)4-5-12/h2-3H,4-6,15H2,1H3,(H,16,17). The maximum absolute atomic E-state index is 13.7. The lowest BCUT2D eigenvalue weighted by molar-refractivity contribution is 0.0924. The van der Waals surface area contributed by atoms with E-state index in [1.54, 1.807) is 0 Å². The second-order valence-electron chi connectivity index (χ2n) is 4.49. The van der Waals surface area contributed by atoms with Crippen molar-refractivity contribution in [3.63, 3.8) is 0 Å². The first-order valence-electron chi connectivity index (χ1n) is 5.46. The van der Waals surface area contributed by atoms with E-state index in [9.17, 15) is 13.6 Å². The van der Waals surface area contributed by atoms with Crippen LogP contribution in [0.1, 0.15) is 28.8 Å².